The molecule has 1 aromatic carbocycles. The monoisotopic (exact) mass is 175 g/mol. The topological polar surface area (TPSA) is 0 Å². The Bertz CT molecular complexity index is 210. The van der Waals surface area contributed by atoms with Crippen LogP contribution in [0.5, 0.6) is 0 Å². The Hall–Kier alpha value is -0.129. The molecule has 1 rings (SSSR count). The van der Waals surface area contributed by atoms with Gasteiger partial charge in [0.2, 0.25) is 0 Å². The van der Waals surface area contributed by atoms with Gasteiger partial charge in [-0.05, 0) is 6.92 Å². The Morgan fingerprint density at radius 3 is 2.60 bits per heavy atom. The smallest absolute Gasteiger partial charge is 0.0607 e. The molecule has 7 radical (unpaired) electrons. The average molecular weight is 175 g/mol. The molecule has 0 atom stereocenters. The molecule has 0 aliphatic carbocycles. The van der Waals surface area contributed by atoms with Gasteiger partial charge in [-0.15, -0.1) is 0 Å². The summed E-state index contributed by atoms with van der Waals surface area (Å²) in [6, 6.07) is 8.54. The molecule has 3 heteroatoms. The molecule has 0 saturated carbocycles. The summed E-state index contributed by atoms with van der Waals surface area (Å²) in [7, 11) is 5.30. The van der Waals surface area contributed by atoms with Crippen LogP contribution in [0.1, 0.15) is 5.56 Å². The third kappa shape index (κ3) is 1.93. The lowest BCUT2D eigenvalue weighted by Gasteiger charge is -1.99. The van der Waals surface area contributed by atoms with Crippen molar-refractivity contribution in [1.29, 1.82) is 0 Å². The van der Waals surface area contributed by atoms with Crippen molar-refractivity contribution in [2.75, 3.05) is 0 Å². The van der Waals surface area contributed by atoms with Crippen molar-refractivity contribution in [3.8, 4) is 0 Å². The minimum Gasteiger partial charge on any atom is -0.0653 e. The van der Waals surface area contributed by atoms with Crippen molar-refractivity contribution in [3.63, 3.8) is 0 Å². The molecular weight excluding hydrogens is 168 g/mol. The van der Waals surface area contributed by atoms with Crippen LogP contribution in [0.2, 0.25) is 0 Å². The van der Waals surface area contributed by atoms with Crippen LogP contribution in [0.25, 0.3) is 0 Å². The van der Waals surface area contributed by atoms with Crippen LogP contribution in [0.3, 0.4) is 0 Å². The third-order valence-corrected chi connectivity index (χ3v) is 4.61. The molecule has 0 amide bonds. The first-order valence-corrected chi connectivity index (χ1v) is 7.58. The summed E-state index contributed by atoms with van der Waals surface area (Å²) in [5.74, 6) is 0. The largest absolute Gasteiger partial charge is 0.0653 e. The van der Waals surface area contributed by atoms with Gasteiger partial charge in [0, 0.05) is 18.3 Å². The number of rotatable bonds is 2. The van der Waals surface area contributed by atoms with Gasteiger partial charge in [0.05, 0.1) is 9.04 Å². The normalized spacial score (nSPS) is 9.80. The molecule has 0 saturated heterocycles. The number of benzene rings is 1. The molecule has 10 heavy (non-hydrogen) atoms. The van der Waals surface area contributed by atoms with E-state index in [2.05, 4.69) is 40.9 Å². The van der Waals surface area contributed by atoms with Crippen LogP contribution in [0.15, 0.2) is 24.3 Å². The first-order valence-electron chi connectivity index (χ1n) is 3.08. The fourth-order valence-electron chi connectivity index (χ4n) is 0.780. The van der Waals surface area contributed by atoms with Crippen LogP contribution in [0, 0.1) is 6.92 Å². The van der Waals surface area contributed by atoms with Crippen molar-refractivity contribution in [3.05, 3.63) is 29.8 Å². The van der Waals surface area contributed by atoms with Crippen molar-refractivity contribution >= 4 is 32.5 Å². The lowest BCUT2D eigenvalue weighted by atomic mass is 10.2. The van der Waals surface area contributed by atoms with E-state index in [-0.39, 0.29) is 0 Å². The summed E-state index contributed by atoms with van der Waals surface area (Å²) in [6.45, 7) is 2.16. The van der Waals surface area contributed by atoms with Crippen molar-refractivity contribution in [1.82, 2.24) is 0 Å². The molecule has 0 nitrogen and oxygen atoms in total. The molecule has 0 unspecified atom stereocenters. The number of aryl methyl sites for hydroxylation is 1. The van der Waals surface area contributed by atoms with E-state index in [0.717, 1.165) is 17.6 Å². The van der Waals surface area contributed by atoms with Gasteiger partial charge in [-0.2, -0.15) is 0 Å². The zero-order valence-electron chi connectivity index (χ0n) is 5.81. The minimum absolute atomic E-state index is 0.865. The maximum atomic E-state index is 3.51. The first kappa shape index (κ1) is 7.97. The molecule has 0 N–H and O–H groups in total. The zero-order valence-corrected chi connectivity index (χ0v) is 8.81. The maximum absolute atomic E-state index is 3.51. The molecule has 0 fully saturated rings. The predicted molar refractivity (Wildman–Crippen MR) is 48.1 cm³/mol. The molecule has 0 spiro atoms. The van der Waals surface area contributed by atoms with E-state index < -0.39 is 0 Å². The number of hydrogen-bond acceptors (Lipinski definition) is 0. The van der Waals surface area contributed by atoms with E-state index >= 15 is 0 Å². The number of hydrogen-bond donors (Lipinski definition) is 0. The molecule has 0 heterocycles. The van der Waals surface area contributed by atoms with E-state index in [1.165, 1.54) is 10.8 Å². The van der Waals surface area contributed by atoms with Gasteiger partial charge in [-0.25, -0.2) is 0 Å². The molecule has 0 aliphatic heterocycles. The lowest BCUT2D eigenvalue weighted by molar-refractivity contribution is 1.52. The van der Waals surface area contributed by atoms with Crippen LogP contribution in [0.4, 0.5) is 0 Å². The highest BCUT2D eigenvalue weighted by Gasteiger charge is 1.94. The summed E-state index contributed by atoms with van der Waals surface area (Å²) >= 11 is 0. The van der Waals surface area contributed by atoms with Crippen LogP contribution in [-0.4, -0.2) is 27.4 Å². The lowest BCUT2D eigenvalue weighted by Crippen LogP contribution is -2.23. The van der Waals surface area contributed by atoms with Gasteiger partial charge in [0.15, 0.2) is 0 Å². The Kier molecular flexibility index (Phi) is 3.11. The second-order valence-electron chi connectivity index (χ2n) is 2.06. The first-order chi connectivity index (χ1) is 4.84. The second kappa shape index (κ2) is 3.90. The highest BCUT2D eigenvalue weighted by molar-refractivity contribution is 7.27. The van der Waals surface area contributed by atoms with Crippen molar-refractivity contribution < 1.29 is 0 Å². The van der Waals surface area contributed by atoms with E-state index in [0.29, 0.717) is 0 Å². The second-order valence-corrected chi connectivity index (χ2v) is 6.85. The molecular formula is C7H7Si3. The Labute approximate surface area is 69.7 Å². The van der Waals surface area contributed by atoms with Crippen molar-refractivity contribution in [2.24, 2.45) is 0 Å². The summed E-state index contributed by atoms with van der Waals surface area (Å²) in [6.07, 6.45) is 0. The molecule has 0 aliphatic rings. The highest BCUT2D eigenvalue weighted by atomic mass is 29.5. The third-order valence-electron chi connectivity index (χ3n) is 1.34. The van der Waals surface area contributed by atoms with E-state index in [4.69, 9.17) is 0 Å². The van der Waals surface area contributed by atoms with Gasteiger partial charge in [0.1, 0.15) is 0 Å². The standard InChI is InChI=1S/C7H7Si3/c1-6-4-2-3-5-7(6)9-10-8/h2-5H,1H3. The summed E-state index contributed by atoms with van der Waals surface area (Å²) < 4.78 is 0. The van der Waals surface area contributed by atoms with Crippen LogP contribution < -0.4 is 5.19 Å². The summed E-state index contributed by atoms with van der Waals surface area (Å²) in [4.78, 5) is 0. The minimum atomic E-state index is 0.865. The van der Waals surface area contributed by atoms with Gasteiger partial charge >= 0.3 is 0 Å². The highest BCUT2D eigenvalue weighted by Crippen LogP contribution is 1.90. The Morgan fingerprint density at radius 2 is 2.00 bits per heavy atom. The van der Waals surface area contributed by atoms with Gasteiger partial charge < -0.3 is 0 Å². The Balaban J connectivity index is 2.81. The van der Waals surface area contributed by atoms with Crippen molar-refractivity contribution in [2.45, 2.75) is 6.92 Å². The fraction of sp³-hybridized carbons (Fsp3) is 0.143. The van der Waals surface area contributed by atoms with Gasteiger partial charge in [0.25, 0.3) is 0 Å². The maximum Gasteiger partial charge on any atom is 0.0607 e. The summed E-state index contributed by atoms with van der Waals surface area (Å²) in [5.41, 5.74) is 1.41. The molecule has 47 valence electrons. The molecule has 0 aromatic heterocycles. The molecule has 1 aromatic rings. The van der Waals surface area contributed by atoms with E-state index in [1.807, 2.05) is 0 Å². The molecule has 0 bridgehead atoms. The van der Waals surface area contributed by atoms with Crippen LogP contribution in [-0.2, 0) is 0 Å². The van der Waals surface area contributed by atoms with Gasteiger partial charge in [-0.1, -0.05) is 35.0 Å². The zero-order chi connectivity index (χ0) is 7.40. The summed E-state index contributed by atoms with van der Waals surface area (Å²) in [5, 5.41) is 1.48. The predicted octanol–water partition coefficient (Wildman–Crippen LogP) is 0.0272. The van der Waals surface area contributed by atoms with E-state index in [1.54, 1.807) is 0 Å². The quantitative estimate of drug-likeness (QED) is 0.556. The SMILES string of the molecule is Cc1ccccc1[Si][Si][Si]. The van der Waals surface area contributed by atoms with Gasteiger partial charge in [-0.3, -0.25) is 0 Å². The Morgan fingerprint density at radius 1 is 1.30 bits per heavy atom. The fourth-order valence-corrected chi connectivity index (χ4v) is 3.83. The average Bonchev–Trinajstić information content (AvgIpc) is 1.94. The van der Waals surface area contributed by atoms with Crippen LogP contribution >= 0.6 is 0 Å². The van der Waals surface area contributed by atoms with E-state index in [9.17, 15) is 0 Å².